The highest BCUT2D eigenvalue weighted by atomic mass is 32.2. The average Bonchev–Trinajstić information content (AvgIpc) is 4.08. The summed E-state index contributed by atoms with van der Waals surface area (Å²) in [5, 5.41) is 0.640. The number of allylic oxidation sites excluding steroid dienone is 1. The molecule has 0 bridgehead atoms. The molecule has 0 unspecified atom stereocenters. The van der Waals surface area contributed by atoms with E-state index in [4.69, 9.17) is 23.9 Å². The number of likely N-dealkylation sites (tertiary alicyclic amines) is 1. The summed E-state index contributed by atoms with van der Waals surface area (Å²) < 4.78 is 45.8. The predicted octanol–water partition coefficient (Wildman–Crippen LogP) is 5.40. The Morgan fingerprint density at radius 1 is 1.13 bits per heavy atom. The molecule has 1 aliphatic heterocycles. The number of hydrogen-bond donors (Lipinski definition) is 1. The van der Waals surface area contributed by atoms with Crippen LogP contribution < -0.4 is 9.46 Å². The first-order valence-corrected chi connectivity index (χ1v) is 22.1. The van der Waals surface area contributed by atoms with E-state index in [1.807, 2.05) is 39.0 Å². The van der Waals surface area contributed by atoms with Crippen LogP contribution in [0.5, 0.6) is 5.88 Å². The minimum atomic E-state index is -3.89. The van der Waals surface area contributed by atoms with E-state index in [0.29, 0.717) is 45.2 Å². The Kier molecular flexibility index (Phi) is 10.6. The number of thiazole rings is 1. The van der Waals surface area contributed by atoms with Crippen LogP contribution in [0.2, 0.25) is 0 Å². The SMILES string of the molecule is C=C[C@@H]1C[C@]1(CC(=O)[C@@H]1C[C@@H](Oc2nc(-c3cnccn3)nc3c2oc2ccccc23)CN1C(=O)[C@@H](Cc1nc(C)c(C(=O)OC)s1)C(C)(C)C)C(=O)NS(=O)(=O)C1CC1. The first-order chi connectivity index (χ1) is 28.5. The monoisotopic (exact) mass is 855 g/mol. The third kappa shape index (κ3) is 7.77. The number of aromatic nitrogens is 5. The summed E-state index contributed by atoms with van der Waals surface area (Å²) in [6.45, 7) is 11.3. The number of carbonyl (C=O) groups excluding carboxylic acids is 4. The number of ether oxygens (including phenoxy) is 2. The van der Waals surface area contributed by atoms with Crippen molar-refractivity contribution in [3.05, 3.63) is 71.1 Å². The molecule has 16 nitrogen and oxygen atoms in total. The molecule has 3 aliphatic rings. The van der Waals surface area contributed by atoms with Crippen LogP contribution in [0.15, 0.2) is 59.9 Å². The summed E-state index contributed by atoms with van der Waals surface area (Å²) in [6.07, 6.45) is 6.42. The highest BCUT2D eigenvalue weighted by Crippen LogP contribution is 2.57. The quantitative estimate of drug-likeness (QED) is 0.109. The zero-order valence-electron chi connectivity index (χ0n) is 33.8. The van der Waals surface area contributed by atoms with Gasteiger partial charge in [0.15, 0.2) is 11.6 Å². The van der Waals surface area contributed by atoms with Gasteiger partial charge in [-0.25, -0.2) is 28.2 Å². The number of rotatable bonds is 14. The Hall–Kier alpha value is -5.62. The lowest BCUT2D eigenvalue weighted by atomic mass is 9.77. The lowest BCUT2D eigenvalue weighted by molar-refractivity contribution is -0.144. The Bertz CT molecular complexity index is 2650. The summed E-state index contributed by atoms with van der Waals surface area (Å²) >= 11 is 1.16. The summed E-state index contributed by atoms with van der Waals surface area (Å²) in [5.74, 6) is -2.86. The molecule has 5 heterocycles. The second kappa shape index (κ2) is 15.4. The van der Waals surface area contributed by atoms with Crippen molar-refractivity contribution in [2.45, 2.75) is 83.6 Å². The topological polar surface area (TPSA) is 214 Å². The maximum atomic E-state index is 15.0. The van der Waals surface area contributed by atoms with Crippen molar-refractivity contribution in [1.82, 2.24) is 34.5 Å². The number of nitrogens with zero attached hydrogens (tertiary/aromatic N) is 6. The van der Waals surface area contributed by atoms with Crippen molar-refractivity contribution in [1.29, 1.82) is 0 Å². The van der Waals surface area contributed by atoms with Gasteiger partial charge in [-0.2, -0.15) is 4.98 Å². The van der Waals surface area contributed by atoms with E-state index in [0.717, 1.165) is 16.7 Å². The molecule has 2 aliphatic carbocycles. The maximum Gasteiger partial charge on any atom is 0.349 e. The predicted molar refractivity (Wildman–Crippen MR) is 220 cm³/mol. The second-order valence-electron chi connectivity index (χ2n) is 16.9. The number of hydrogen-bond acceptors (Lipinski definition) is 15. The van der Waals surface area contributed by atoms with Crippen LogP contribution in [0.25, 0.3) is 33.6 Å². The van der Waals surface area contributed by atoms with E-state index in [9.17, 15) is 22.8 Å². The average molecular weight is 856 g/mol. The maximum absolute atomic E-state index is 15.0. The zero-order valence-corrected chi connectivity index (χ0v) is 35.5. The highest BCUT2D eigenvalue weighted by molar-refractivity contribution is 7.90. The van der Waals surface area contributed by atoms with Gasteiger partial charge in [0.25, 0.3) is 5.88 Å². The van der Waals surface area contributed by atoms with Crippen molar-refractivity contribution in [2.24, 2.45) is 22.7 Å². The molecule has 5 atom stereocenters. The van der Waals surface area contributed by atoms with Crippen molar-refractivity contribution < 1.29 is 41.5 Å². The highest BCUT2D eigenvalue weighted by Gasteiger charge is 2.61. The van der Waals surface area contributed by atoms with Gasteiger partial charge in [-0.1, -0.05) is 39.0 Å². The number of fused-ring (bicyclic) bond motifs is 3. The van der Waals surface area contributed by atoms with Gasteiger partial charge in [-0.3, -0.25) is 24.1 Å². The number of furan rings is 1. The van der Waals surface area contributed by atoms with Crippen molar-refractivity contribution >= 4 is 67.0 Å². The van der Waals surface area contributed by atoms with E-state index in [1.165, 1.54) is 30.6 Å². The van der Waals surface area contributed by atoms with E-state index < -0.39 is 67.7 Å². The molecule has 2 amide bonds. The number of amides is 2. The van der Waals surface area contributed by atoms with Gasteiger partial charge in [0.2, 0.25) is 27.4 Å². The van der Waals surface area contributed by atoms with Gasteiger partial charge < -0.3 is 18.8 Å². The zero-order chi connectivity index (χ0) is 42.7. The normalized spacial score (nSPS) is 22.1. The van der Waals surface area contributed by atoms with Crippen LogP contribution in [0.4, 0.5) is 0 Å². The van der Waals surface area contributed by atoms with Crippen molar-refractivity contribution in [3.8, 4) is 17.4 Å². The van der Waals surface area contributed by atoms with Crippen LogP contribution in [0, 0.1) is 29.6 Å². The van der Waals surface area contributed by atoms with Crippen LogP contribution in [-0.4, -0.2) is 92.9 Å². The third-order valence-corrected chi connectivity index (χ3v) is 14.6. The van der Waals surface area contributed by atoms with Gasteiger partial charge in [0, 0.05) is 43.0 Å². The summed E-state index contributed by atoms with van der Waals surface area (Å²) in [7, 11) is -2.60. The first-order valence-electron chi connectivity index (χ1n) is 19.7. The number of Topliss-reactive ketones (excluding diaryl/α,β-unsaturated/α-hetero) is 1. The molecule has 0 spiro atoms. The molecular weight excluding hydrogens is 811 g/mol. The number of carbonyl (C=O) groups is 4. The minimum Gasteiger partial charge on any atom is -0.470 e. The number of aryl methyl sites for hydroxylation is 1. The second-order valence-corrected chi connectivity index (χ2v) is 19.9. The molecule has 314 valence electrons. The summed E-state index contributed by atoms with van der Waals surface area (Å²) in [4.78, 5) is 80.4. The number of esters is 1. The number of ketones is 1. The molecule has 4 aromatic heterocycles. The van der Waals surface area contributed by atoms with Gasteiger partial charge in [-0.05, 0) is 49.7 Å². The molecule has 60 heavy (non-hydrogen) atoms. The van der Waals surface area contributed by atoms with Crippen molar-refractivity contribution in [2.75, 3.05) is 13.7 Å². The molecular formula is C42H45N7O9S2. The van der Waals surface area contributed by atoms with Gasteiger partial charge in [0.05, 0.1) is 47.3 Å². The molecule has 1 N–H and O–H groups in total. The molecule has 0 radical (unpaired) electrons. The van der Waals surface area contributed by atoms with E-state index in [1.54, 1.807) is 19.1 Å². The number of benzene rings is 1. The van der Waals surface area contributed by atoms with Crippen molar-refractivity contribution in [3.63, 3.8) is 0 Å². The Balaban J connectivity index is 1.15. The minimum absolute atomic E-state index is 0.0293. The standard InChI is InChI=1S/C42H45N7O9S2/c1-7-23-18-42(23,40(53)48-60(54,55)25-12-13-25)19-30(50)29-16-24(21-49(29)38(51)27(41(3,4)5)17-32-45-22(2)35(59-32)39(52)56-6)57-37-34-33(26-10-8-9-11-31(26)58-34)46-36(47-37)28-20-43-14-15-44-28/h7-11,14-15,20,23-25,27,29H,1,12-13,16-19,21H2,2-6H3,(H,48,53)/t23-,24-,27-,29+,42-/m1/s1. The van der Waals surface area contributed by atoms with Crippen LogP contribution in [-0.2, 0) is 35.6 Å². The van der Waals surface area contributed by atoms with Crippen LogP contribution in [0.3, 0.4) is 0 Å². The largest absolute Gasteiger partial charge is 0.470 e. The fourth-order valence-electron chi connectivity index (χ4n) is 8.03. The van der Waals surface area contributed by atoms with Gasteiger partial charge >= 0.3 is 5.97 Å². The summed E-state index contributed by atoms with van der Waals surface area (Å²) in [6, 6.07) is 6.30. The number of sulfonamides is 1. The molecule has 8 rings (SSSR count). The van der Waals surface area contributed by atoms with Gasteiger partial charge in [-0.15, -0.1) is 17.9 Å². The molecule has 2 saturated carbocycles. The van der Waals surface area contributed by atoms with Crippen LogP contribution >= 0.6 is 11.3 Å². The Morgan fingerprint density at radius 2 is 1.90 bits per heavy atom. The van der Waals surface area contributed by atoms with E-state index in [2.05, 4.69) is 26.3 Å². The van der Waals surface area contributed by atoms with Gasteiger partial charge in [0.1, 0.15) is 27.8 Å². The molecule has 3 fully saturated rings. The number of methoxy groups -OCH3 is 1. The van der Waals surface area contributed by atoms with E-state index >= 15 is 4.79 Å². The molecule has 1 saturated heterocycles. The summed E-state index contributed by atoms with van der Waals surface area (Å²) in [5.41, 5.74) is 0.194. The lowest BCUT2D eigenvalue weighted by Gasteiger charge is -2.35. The number of nitrogens with one attached hydrogen (secondary N) is 1. The molecule has 5 aromatic rings. The number of para-hydroxylation sites is 1. The third-order valence-electron chi connectivity index (χ3n) is 11.7. The fraction of sp³-hybridized carbons (Fsp3) is 0.452. The van der Waals surface area contributed by atoms with Crippen LogP contribution in [0.1, 0.15) is 73.2 Å². The molecule has 18 heteroatoms. The Labute approximate surface area is 350 Å². The van der Waals surface area contributed by atoms with E-state index in [-0.39, 0.29) is 55.4 Å². The smallest absolute Gasteiger partial charge is 0.349 e. The first kappa shape index (κ1) is 41.1. The fourth-order valence-corrected chi connectivity index (χ4v) is 10.4. The molecule has 1 aromatic carbocycles. The Morgan fingerprint density at radius 3 is 2.57 bits per heavy atom. The lowest BCUT2D eigenvalue weighted by Crippen LogP contribution is -2.48.